The van der Waals surface area contributed by atoms with E-state index < -0.39 is 32.9 Å². The standard InChI is InChI=1S/C59H68O10Si/c1-6-47-52(37-53-56(68-47)57(55-51(67-53)24-15-16-34-61-55)62-38-40-27-28-41-18-13-14-19-43(41)36-40)65-48-25-17-26-49-54(39-63-58(69-49)42-29-31-44(60-5)32-30-42)66-50(48)33-35-64-70(59(2,3)4,45-20-9-7-10-21-45)46-22-11-8-12-23-46/h6-23,26-32,36,47-58H,1,24-25,33-35,37-39H2,2-5H3/b26-17-/t47-,48-,49+,50+,51+,52+,53-,54-,55+,56-,57-,58-/m1/s1. The zero-order chi connectivity index (χ0) is 48.1. The van der Waals surface area contributed by atoms with Gasteiger partial charge in [0.15, 0.2) is 6.29 Å². The monoisotopic (exact) mass is 964 g/mol. The summed E-state index contributed by atoms with van der Waals surface area (Å²) < 4.78 is 67.9. The summed E-state index contributed by atoms with van der Waals surface area (Å²) in [6.07, 6.45) is 8.38. The van der Waals surface area contributed by atoms with Gasteiger partial charge in [-0.3, -0.25) is 0 Å². The van der Waals surface area contributed by atoms with Crippen molar-refractivity contribution in [3.63, 3.8) is 0 Å². The zero-order valence-electron chi connectivity index (χ0n) is 40.9. The molecule has 5 heterocycles. The quantitative estimate of drug-likeness (QED) is 0.0792. The molecular weight excluding hydrogens is 897 g/mol. The van der Waals surface area contributed by atoms with Gasteiger partial charge in [-0.25, -0.2) is 0 Å². The maximum absolute atomic E-state index is 7.49. The summed E-state index contributed by atoms with van der Waals surface area (Å²) in [5.74, 6) is 0.776. The summed E-state index contributed by atoms with van der Waals surface area (Å²) in [4.78, 5) is 0. The molecule has 0 aromatic heterocycles. The molecule has 0 bridgehead atoms. The summed E-state index contributed by atoms with van der Waals surface area (Å²) in [5, 5.41) is 4.65. The number of fused-ring (bicyclic) bond motifs is 4. The van der Waals surface area contributed by atoms with Crippen LogP contribution in [-0.4, -0.2) is 102 Å². The van der Waals surface area contributed by atoms with Crippen LogP contribution in [-0.2, 0) is 48.9 Å². The van der Waals surface area contributed by atoms with Crippen molar-refractivity contribution >= 4 is 29.5 Å². The van der Waals surface area contributed by atoms with Crippen molar-refractivity contribution in [3.8, 4) is 5.75 Å². The number of rotatable bonds is 14. The smallest absolute Gasteiger partial charge is 0.261 e. The Hall–Kier alpha value is -4.76. The third-order valence-electron chi connectivity index (χ3n) is 14.7. The van der Waals surface area contributed by atoms with Gasteiger partial charge in [0, 0.05) is 18.6 Å². The molecule has 3 saturated heterocycles. The largest absolute Gasteiger partial charge is 0.497 e. The van der Waals surface area contributed by atoms with E-state index in [-0.39, 0.29) is 53.9 Å². The van der Waals surface area contributed by atoms with Crippen LogP contribution in [0.3, 0.4) is 0 Å². The van der Waals surface area contributed by atoms with Gasteiger partial charge in [-0.1, -0.05) is 160 Å². The molecule has 0 aliphatic carbocycles. The Morgan fingerprint density at radius 1 is 0.700 bits per heavy atom. The van der Waals surface area contributed by atoms with Crippen LogP contribution in [0, 0.1) is 0 Å². The SMILES string of the molecule is C=C[C@H]1O[C@H]2[C@H](OCc3ccc4ccccc4c3)[C@H]3OCC=CC[C@@H]3O[C@@H]2C[C@@H]1O[C@@H]1C/C=C\[C@@H]2O[C@H](c3ccc(OC)cc3)OC[C@H]2O[C@H]1CCO[Si](c1ccccc1)(c1ccccc1)C(C)(C)C. The third-order valence-corrected chi connectivity index (χ3v) is 19.7. The molecule has 0 amide bonds. The van der Waals surface area contributed by atoms with Crippen LogP contribution in [0.5, 0.6) is 5.75 Å². The van der Waals surface area contributed by atoms with E-state index >= 15 is 0 Å². The molecule has 5 aliphatic heterocycles. The fourth-order valence-corrected chi connectivity index (χ4v) is 15.8. The Kier molecular flexibility index (Phi) is 15.3. The van der Waals surface area contributed by atoms with E-state index in [1.54, 1.807) is 7.11 Å². The van der Waals surface area contributed by atoms with Crippen molar-refractivity contribution < 1.29 is 47.1 Å². The predicted molar refractivity (Wildman–Crippen MR) is 274 cm³/mol. The van der Waals surface area contributed by atoms with Gasteiger partial charge in [0.1, 0.15) is 42.4 Å². The molecule has 0 N–H and O–H groups in total. The van der Waals surface area contributed by atoms with E-state index in [9.17, 15) is 0 Å². The first-order valence-corrected chi connectivity index (χ1v) is 27.0. The summed E-state index contributed by atoms with van der Waals surface area (Å²) in [5.41, 5.74) is 2.01. The average molecular weight is 965 g/mol. The number of hydrogen-bond donors (Lipinski definition) is 0. The molecule has 5 aromatic rings. The van der Waals surface area contributed by atoms with E-state index in [1.165, 1.54) is 21.1 Å². The molecule has 0 radical (unpaired) electrons. The van der Waals surface area contributed by atoms with Gasteiger partial charge in [0.2, 0.25) is 0 Å². The predicted octanol–water partition coefficient (Wildman–Crippen LogP) is 9.74. The van der Waals surface area contributed by atoms with Gasteiger partial charge in [0.25, 0.3) is 8.32 Å². The first-order chi connectivity index (χ1) is 34.2. The maximum atomic E-state index is 7.49. The second-order valence-electron chi connectivity index (χ2n) is 20.1. The van der Waals surface area contributed by atoms with Gasteiger partial charge in [-0.15, -0.1) is 6.58 Å². The summed E-state index contributed by atoms with van der Waals surface area (Å²) in [6, 6.07) is 44.2. The number of ether oxygens (including phenoxy) is 9. The van der Waals surface area contributed by atoms with Crippen LogP contribution in [0.2, 0.25) is 5.04 Å². The molecule has 3 fully saturated rings. The summed E-state index contributed by atoms with van der Waals surface area (Å²) in [7, 11) is -1.19. The van der Waals surface area contributed by atoms with Crippen LogP contribution in [0.1, 0.15) is 63.9 Å². The Morgan fingerprint density at radius 2 is 1.44 bits per heavy atom. The van der Waals surface area contributed by atoms with Crippen molar-refractivity contribution in [2.75, 3.05) is 26.9 Å². The summed E-state index contributed by atoms with van der Waals surface area (Å²) in [6.45, 7) is 12.9. The van der Waals surface area contributed by atoms with Crippen molar-refractivity contribution in [1.82, 2.24) is 0 Å². The van der Waals surface area contributed by atoms with Crippen LogP contribution < -0.4 is 15.1 Å². The normalized spacial score (nSPS) is 30.7. The van der Waals surface area contributed by atoms with Crippen LogP contribution in [0.4, 0.5) is 0 Å². The number of methoxy groups -OCH3 is 1. The lowest BCUT2D eigenvalue weighted by atomic mass is 9.86. The lowest BCUT2D eigenvalue weighted by Crippen LogP contribution is -2.66. The Balaban J connectivity index is 0.913. The Morgan fingerprint density at radius 3 is 2.17 bits per heavy atom. The highest BCUT2D eigenvalue weighted by molar-refractivity contribution is 6.99. The molecular formula is C59H68O10Si. The van der Waals surface area contributed by atoms with Crippen LogP contribution in [0.15, 0.2) is 164 Å². The second-order valence-corrected chi connectivity index (χ2v) is 24.4. The van der Waals surface area contributed by atoms with E-state index in [1.807, 2.05) is 30.3 Å². The van der Waals surface area contributed by atoms with Gasteiger partial charge in [0.05, 0.1) is 57.5 Å². The number of hydrogen-bond acceptors (Lipinski definition) is 10. The topological polar surface area (TPSA) is 92.3 Å². The molecule has 5 aliphatic rings. The molecule has 11 heteroatoms. The molecule has 368 valence electrons. The van der Waals surface area contributed by atoms with Crippen LogP contribution >= 0.6 is 0 Å². The lowest BCUT2D eigenvalue weighted by Gasteiger charge is -2.51. The van der Waals surface area contributed by atoms with Gasteiger partial charge < -0.3 is 47.1 Å². The van der Waals surface area contributed by atoms with Crippen molar-refractivity contribution in [2.45, 2.75) is 132 Å². The first-order valence-electron chi connectivity index (χ1n) is 25.1. The Labute approximate surface area is 414 Å². The highest BCUT2D eigenvalue weighted by Crippen LogP contribution is 2.41. The highest BCUT2D eigenvalue weighted by Gasteiger charge is 2.54. The van der Waals surface area contributed by atoms with E-state index in [0.29, 0.717) is 45.7 Å². The molecule has 5 aromatic carbocycles. The molecule has 10 nitrogen and oxygen atoms in total. The minimum atomic E-state index is -2.86. The van der Waals surface area contributed by atoms with Gasteiger partial charge in [-0.2, -0.15) is 0 Å². The third kappa shape index (κ3) is 10.4. The highest BCUT2D eigenvalue weighted by atomic mass is 28.4. The van der Waals surface area contributed by atoms with Gasteiger partial charge >= 0.3 is 0 Å². The molecule has 0 unspecified atom stereocenters. The molecule has 0 spiro atoms. The fourth-order valence-electron chi connectivity index (χ4n) is 11.2. The summed E-state index contributed by atoms with van der Waals surface area (Å²) >= 11 is 0. The van der Waals surface area contributed by atoms with Crippen molar-refractivity contribution in [1.29, 1.82) is 0 Å². The minimum absolute atomic E-state index is 0.190. The maximum Gasteiger partial charge on any atom is 0.261 e. The average Bonchev–Trinajstić information content (AvgIpc) is 3.63. The minimum Gasteiger partial charge on any atom is -0.497 e. The lowest BCUT2D eigenvalue weighted by molar-refractivity contribution is -0.301. The van der Waals surface area contributed by atoms with E-state index in [4.69, 9.17) is 47.1 Å². The first kappa shape index (κ1) is 48.8. The molecule has 10 rings (SSSR count). The zero-order valence-corrected chi connectivity index (χ0v) is 41.9. The van der Waals surface area contributed by atoms with Crippen molar-refractivity contribution in [2.24, 2.45) is 0 Å². The van der Waals surface area contributed by atoms with Crippen LogP contribution in [0.25, 0.3) is 10.8 Å². The fraction of sp³-hybridized carbons (Fsp3) is 0.424. The molecule has 0 saturated carbocycles. The molecule has 12 atom stereocenters. The van der Waals surface area contributed by atoms with Crippen molar-refractivity contribution in [3.05, 3.63) is 175 Å². The van der Waals surface area contributed by atoms with E-state index in [0.717, 1.165) is 23.3 Å². The van der Waals surface area contributed by atoms with E-state index in [2.05, 4.69) is 155 Å². The molecule has 70 heavy (non-hydrogen) atoms. The Bertz CT molecular complexity index is 2510. The number of benzene rings is 5. The van der Waals surface area contributed by atoms with Gasteiger partial charge in [-0.05, 0) is 69.2 Å². The second kappa shape index (κ2) is 21.9.